The van der Waals surface area contributed by atoms with Crippen LogP contribution in [0.25, 0.3) is 0 Å². The SMILES string of the molecule is COC(=O)C(C)(C)C(C)=C(Br)C1(Br)OC1=O. The van der Waals surface area contributed by atoms with Crippen molar-refractivity contribution in [2.75, 3.05) is 7.11 Å². The second-order valence-electron chi connectivity index (χ2n) is 4.04. The summed E-state index contributed by atoms with van der Waals surface area (Å²) in [6, 6.07) is 0. The Kier molecular flexibility index (Phi) is 3.55. The normalized spacial score (nSPS) is 25.8. The van der Waals surface area contributed by atoms with Gasteiger partial charge >= 0.3 is 11.9 Å². The lowest BCUT2D eigenvalue weighted by atomic mass is 9.84. The second-order valence-corrected chi connectivity index (χ2v) is 5.95. The summed E-state index contributed by atoms with van der Waals surface area (Å²) in [4.78, 5) is 22.7. The molecule has 0 amide bonds. The summed E-state index contributed by atoms with van der Waals surface area (Å²) >= 11 is 6.44. The minimum Gasteiger partial charge on any atom is -0.468 e. The van der Waals surface area contributed by atoms with E-state index >= 15 is 0 Å². The van der Waals surface area contributed by atoms with Gasteiger partial charge in [0.05, 0.1) is 17.0 Å². The van der Waals surface area contributed by atoms with Gasteiger partial charge in [-0.15, -0.1) is 0 Å². The molecule has 1 rings (SSSR count). The van der Waals surface area contributed by atoms with E-state index in [1.165, 1.54) is 7.11 Å². The quantitative estimate of drug-likeness (QED) is 0.443. The fourth-order valence-electron chi connectivity index (χ4n) is 1.16. The molecule has 4 nitrogen and oxygen atoms in total. The summed E-state index contributed by atoms with van der Waals surface area (Å²) in [5.41, 5.74) is -0.136. The zero-order valence-corrected chi connectivity index (χ0v) is 12.6. The van der Waals surface area contributed by atoms with Gasteiger partial charge in [0.25, 0.3) is 4.51 Å². The highest BCUT2D eigenvalue weighted by Crippen LogP contribution is 2.49. The average Bonchev–Trinajstić information content (AvgIpc) is 2.84. The van der Waals surface area contributed by atoms with Crippen LogP contribution in [0.1, 0.15) is 20.8 Å². The highest BCUT2D eigenvalue weighted by molar-refractivity contribution is 9.14. The summed E-state index contributed by atoms with van der Waals surface area (Å²) in [5, 5.41) is 0. The van der Waals surface area contributed by atoms with Gasteiger partial charge in [-0.1, -0.05) is 0 Å². The van der Waals surface area contributed by atoms with Crippen LogP contribution in [0, 0.1) is 5.41 Å². The van der Waals surface area contributed by atoms with Crippen molar-refractivity contribution in [3.63, 3.8) is 0 Å². The monoisotopic (exact) mass is 354 g/mol. The zero-order chi connectivity index (χ0) is 12.7. The third-order valence-electron chi connectivity index (χ3n) is 2.70. The molecule has 0 aromatic rings. The maximum Gasteiger partial charge on any atom is 0.369 e. The number of esters is 1. The van der Waals surface area contributed by atoms with Crippen molar-refractivity contribution >= 4 is 43.8 Å². The molecule has 1 aliphatic rings. The number of ether oxygens (including phenoxy) is 2. The van der Waals surface area contributed by atoms with Crippen LogP contribution < -0.4 is 0 Å². The number of rotatable bonds is 3. The number of halogens is 2. The van der Waals surface area contributed by atoms with Crippen LogP contribution in [0.5, 0.6) is 0 Å². The molecule has 0 N–H and O–H groups in total. The molecule has 0 saturated carbocycles. The van der Waals surface area contributed by atoms with E-state index in [1.54, 1.807) is 20.8 Å². The molecule has 1 heterocycles. The van der Waals surface area contributed by atoms with Crippen LogP contribution in [0.4, 0.5) is 0 Å². The molecule has 0 radical (unpaired) electrons. The van der Waals surface area contributed by atoms with Gasteiger partial charge in [0.2, 0.25) is 0 Å². The molecule has 0 bridgehead atoms. The standard InChI is InChI=1S/C10H12Br2O4/c1-5(9(2,3)7(13)15-4)6(11)10(12)8(14)16-10/h1-4H3. The molecule has 1 fully saturated rings. The Labute approximate surface area is 111 Å². The second kappa shape index (κ2) is 4.14. The molecular weight excluding hydrogens is 344 g/mol. The molecule has 1 atom stereocenters. The third-order valence-corrected chi connectivity index (χ3v) is 5.27. The van der Waals surface area contributed by atoms with E-state index in [9.17, 15) is 9.59 Å². The highest BCUT2D eigenvalue weighted by Gasteiger charge is 2.60. The number of hydrogen-bond acceptors (Lipinski definition) is 4. The fourth-order valence-corrected chi connectivity index (χ4v) is 2.34. The number of carbonyl (C=O) groups is 2. The molecule has 1 unspecified atom stereocenters. The molecule has 6 heteroatoms. The van der Waals surface area contributed by atoms with E-state index in [0.29, 0.717) is 10.1 Å². The summed E-state index contributed by atoms with van der Waals surface area (Å²) in [5.74, 6) is -0.745. The summed E-state index contributed by atoms with van der Waals surface area (Å²) < 4.78 is 8.93. The maximum absolute atomic E-state index is 11.6. The predicted molar refractivity (Wildman–Crippen MR) is 65.2 cm³/mol. The fraction of sp³-hybridized carbons (Fsp3) is 0.600. The topological polar surface area (TPSA) is 55.9 Å². The van der Waals surface area contributed by atoms with Crippen molar-refractivity contribution in [1.82, 2.24) is 0 Å². The molecule has 1 aliphatic heterocycles. The molecule has 0 aromatic carbocycles. The van der Waals surface area contributed by atoms with Crippen molar-refractivity contribution in [2.24, 2.45) is 5.41 Å². The van der Waals surface area contributed by atoms with Crippen LogP contribution in [0.2, 0.25) is 0 Å². The van der Waals surface area contributed by atoms with Gasteiger partial charge < -0.3 is 9.47 Å². The first-order valence-corrected chi connectivity index (χ1v) is 6.14. The summed E-state index contributed by atoms with van der Waals surface area (Å²) in [6.45, 7) is 5.19. The number of methoxy groups -OCH3 is 1. The van der Waals surface area contributed by atoms with Gasteiger partial charge in [0.1, 0.15) is 0 Å². The van der Waals surface area contributed by atoms with Gasteiger partial charge in [-0.05, 0) is 58.2 Å². The van der Waals surface area contributed by atoms with Gasteiger partial charge in [-0.3, -0.25) is 4.79 Å². The summed E-state index contributed by atoms with van der Waals surface area (Å²) in [6.07, 6.45) is 0. The molecule has 0 aromatic heterocycles. The van der Waals surface area contributed by atoms with E-state index in [-0.39, 0.29) is 11.9 Å². The number of epoxide rings is 1. The van der Waals surface area contributed by atoms with Crippen LogP contribution >= 0.6 is 31.9 Å². The van der Waals surface area contributed by atoms with E-state index in [0.717, 1.165) is 0 Å². The van der Waals surface area contributed by atoms with Crippen LogP contribution in [0.3, 0.4) is 0 Å². The smallest absolute Gasteiger partial charge is 0.369 e. The lowest BCUT2D eigenvalue weighted by molar-refractivity contribution is -0.148. The number of cyclic esters (lactones) is 1. The van der Waals surface area contributed by atoms with Crippen molar-refractivity contribution in [3.8, 4) is 0 Å². The lowest BCUT2D eigenvalue weighted by Gasteiger charge is -2.24. The van der Waals surface area contributed by atoms with Gasteiger partial charge in [-0.25, -0.2) is 4.79 Å². The zero-order valence-electron chi connectivity index (χ0n) is 9.39. The Morgan fingerprint density at radius 1 is 1.50 bits per heavy atom. The molecule has 0 spiro atoms. The van der Waals surface area contributed by atoms with Crippen molar-refractivity contribution in [3.05, 3.63) is 10.1 Å². The minimum atomic E-state index is -1.11. The van der Waals surface area contributed by atoms with E-state index < -0.39 is 9.93 Å². The molecule has 1 saturated heterocycles. The van der Waals surface area contributed by atoms with Gasteiger partial charge in [0.15, 0.2) is 0 Å². The number of alkyl halides is 1. The van der Waals surface area contributed by atoms with E-state index in [2.05, 4.69) is 31.9 Å². The average molecular weight is 356 g/mol. The Balaban J connectivity index is 3.09. The first-order chi connectivity index (χ1) is 7.17. The Morgan fingerprint density at radius 3 is 2.25 bits per heavy atom. The molecule has 16 heavy (non-hydrogen) atoms. The minimum absolute atomic E-state index is 0.369. The Morgan fingerprint density at radius 2 is 1.94 bits per heavy atom. The largest absolute Gasteiger partial charge is 0.468 e. The van der Waals surface area contributed by atoms with Crippen LogP contribution in [0.15, 0.2) is 10.1 Å². The molecular formula is C10H12Br2O4. The van der Waals surface area contributed by atoms with Gasteiger partial charge in [-0.2, -0.15) is 0 Å². The Bertz CT molecular complexity index is 386. The first-order valence-electron chi connectivity index (χ1n) is 4.56. The van der Waals surface area contributed by atoms with Gasteiger partial charge in [0, 0.05) is 0 Å². The third kappa shape index (κ3) is 2.05. The van der Waals surface area contributed by atoms with E-state index in [1.807, 2.05) is 0 Å². The predicted octanol–water partition coefficient (Wildman–Crippen LogP) is 2.50. The van der Waals surface area contributed by atoms with E-state index in [4.69, 9.17) is 9.47 Å². The molecule has 90 valence electrons. The van der Waals surface area contributed by atoms with Crippen LogP contribution in [-0.4, -0.2) is 23.6 Å². The number of carbonyl (C=O) groups excluding carboxylic acids is 2. The van der Waals surface area contributed by atoms with Crippen LogP contribution in [-0.2, 0) is 19.1 Å². The lowest BCUT2D eigenvalue weighted by Crippen LogP contribution is -2.28. The Hall–Kier alpha value is -0.360. The highest BCUT2D eigenvalue weighted by atomic mass is 79.9. The maximum atomic E-state index is 11.6. The summed E-state index contributed by atoms with van der Waals surface area (Å²) in [7, 11) is 1.33. The van der Waals surface area contributed by atoms with Crippen molar-refractivity contribution in [1.29, 1.82) is 0 Å². The molecule has 0 aliphatic carbocycles. The van der Waals surface area contributed by atoms with Crippen molar-refractivity contribution in [2.45, 2.75) is 25.3 Å². The first kappa shape index (κ1) is 13.7. The van der Waals surface area contributed by atoms with Crippen molar-refractivity contribution < 1.29 is 19.1 Å². The number of hydrogen-bond donors (Lipinski definition) is 0.